The van der Waals surface area contributed by atoms with Gasteiger partial charge < -0.3 is 9.63 Å². The molecule has 1 N–H and O–H groups in total. The molecule has 0 aliphatic rings. The van der Waals surface area contributed by atoms with E-state index in [9.17, 15) is 18.0 Å². The van der Waals surface area contributed by atoms with Crippen molar-refractivity contribution in [3.63, 3.8) is 0 Å². The van der Waals surface area contributed by atoms with Gasteiger partial charge in [-0.05, 0) is 18.2 Å². The van der Waals surface area contributed by atoms with Crippen molar-refractivity contribution in [1.82, 2.24) is 10.1 Å². The van der Waals surface area contributed by atoms with Crippen LogP contribution in [0.4, 0.5) is 13.2 Å². The molecule has 8 heteroatoms. The normalized spacial score (nSPS) is 11.5. The number of nitrogens with zero attached hydrogens (tertiary/aromatic N) is 2. The van der Waals surface area contributed by atoms with Gasteiger partial charge in [-0.1, -0.05) is 35.5 Å². The number of carbonyl (C=O) groups is 1. The first-order valence-corrected chi connectivity index (χ1v) is 6.71. The predicted octanol–water partition coefficient (Wildman–Crippen LogP) is 4.12. The number of aromatic nitrogens is 2. The van der Waals surface area contributed by atoms with E-state index >= 15 is 0 Å². The molecular weight excluding hydrogens is 325 g/mol. The molecule has 24 heavy (non-hydrogen) atoms. The maximum Gasteiger partial charge on any atom is 0.417 e. The van der Waals surface area contributed by atoms with Crippen LogP contribution in [0.1, 0.15) is 15.9 Å². The van der Waals surface area contributed by atoms with Crippen LogP contribution in [0.25, 0.3) is 22.8 Å². The van der Waals surface area contributed by atoms with Crippen molar-refractivity contribution in [1.29, 1.82) is 0 Å². The zero-order chi connectivity index (χ0) is 17.3. The first-order valence-electron chi connectivity index (χ1n) is 6.71. The third-order valence-corrected chi connectivity index (χ3v) is 3.29. The van der Waals surface area contributed by atoms with Crippen LogP contribution in [0.3, 0.4) is 0 Å². The van der Waals surface area contributed by atoms with E-state index in [0.29, 0.717) is 0 Å². The van der Waals surface area contributed by atoms with Crippen molar-refractivity contribution in [2.45, 2.75) is 6.18 Å². The quantitative estimate of drug-likeness (QED) is 0.780. The van der Waals surface area contributed by atoms with E-state index in [2.05, 4.69) is 10.1 Å². The van der Waals surface area contributed by atoms with Gasteiger partial charge in [0.2, 0.25) is 5.82 Å². The Hall–Kier alpha value is -3.16. The summed E-state index contributed by atoms with van der Waals surface area (Å²) >= 11 is 0. The van der Waals surface area contributed by atoms with Crippen molar-refractivity contribution >= 4 is 5.97 Å². The smallest absolute Gasteiger partial charge is 0.417 e. The number of alkyl halides is 3. The molecular formula is C16H9F3N2O3. The number of carboxylic acids is 1. The largest absolute Gasteiger partial charge is 0.478 e. The third-order valence-electron chi connectivity index (χ3n) is 3.29. The Morgan fingerprint density at radius 2 is 1.62 bits per heavy atom. The summed E-state index contributed by atoms with van der Waals surface area (Å²) in [4.78, 5) is 15.1. The molecule has 0 saturated carbocycles. The number of halogens is 3. The predicted molar refractivity (Wildman–Crippen MR) is 77.1 cm³/mol. The van der Waals surface area contributed by atoms with E-state index in [1.165, 1.54) is 36.4 Å². The van der Waals surface area contributed by atoms with Crippen LogP contribution in [0.2, 0.25) is 0 Å². The van der Waals surface area contributed by atoms with Crippen molar-refractivity contribution in [2.24, 2.45) is 0 Å². The maximum absolute atomic E-state index is 13.1. The van der Waals surface area contributed by atoms with Gasteiger partial charge in [0.1, 0.15) is 0 Å². The summed E-state index contributed by atoms with van der Waals surface area (Å²) in [5, 5.41) is 12.7. The summed E-state index contributed by atoms with van der Waals surface area (Å²) in [5.41, 5.74) is -1.10. The number of hydrogen-bond acceptors (Lipinski definition) is 4. The average Bonchev–Trinajstić information content (AvgIpc) is 3.04. The molecule has 0 unspecified atom stereocenters. The molecule has 0 bridgehead atoms. The van der Waals surface area contributed by atoms with E-state index in [-0.39, 0.29) is 28.4 Å². The molecule has 3 rings (SSSR count). The molecule has 0 aliphatic carbocycles. The van der Waals surface area contributed by atoms with Crippen LogP contribution in [0.5, 0.6) is 0 Å². The van der Waals surface area contributed by atoms with Crippen LogP contribution >= 0.6 is 0 Å². The van der Waals surface area contributed by atoms with Crippen LogP contribution < -0.4 is 0 Å². The second kappa shape index (κ2) is 5.80. The average molecular weight is 334 g/mol. The number of carboxylic acid groups (broad SMARTS) is 1. The zero-order valence-corrected chi connectivity index (χ0v) is 11.9. The van der Waals surface area contributed by atoms with Gasteiger partial charge in [-0.2, -0.15) is 18.2 Å². The van der Waals surface area contributed by atoms with Gasteiger partial charge in [0.05, 0.1) is 16.7 Å². The molecule has 5 nitrogen and oxygen atoms in total. The molecule has 0 spiro atoms. The van der Waals surface area contributed by atoms with Crippen molar-refractivity contribution in [2.75, 3.05) is 0 Å². The second-order valence-electron chi connectivity index (χ2n) is 4.82. The highest BCUT2D eigenvalue weighted by molar-refractivity contribution is 5.94. The van der Waals surface area contributed by atoms with Gasteiger partial charge in [0, 0.05) is 5.56 Å². The Kier molecular flexibility index (Phi) is 3.80. The molecule has 122 valence electrons. The first-order chi connectivity index (χ1) is 11.4. The van der Waals surface area contributed by atoms with Crippen LogP contribution in [0, 0.1) is 0 Å². The fourth-order valence-electron chi connectivity index (χ4n) is 2.22. The van der Waals surface area contributed by atoms with Crippen molar-refractivity contribution in [3.8, 4) is 22.8 Å². The lowest BCUT2D eigenvalue weighted by Gasteiger charge is -2.09. The van der Waals surface area contributed by atoms with Crippen LogP contribution in [-0.2, 0) is 6.18 Å². The molecule has 2 aromatic carbocycles. The minimum Gasteiger partial charge on any atom is -0.478 e. The van der Waals surface area contributed by atoms with E-state index in [1.807, 2.05) is 0 Å². The summed E-state index contributed by atoms with van der Waals surface area (Å²) in [5.74, 6) is -1.64. The minimum atomic E-state index is -4.57. The summed E-state index contributed by atoms with van der Waals surface area (Å²) in [6.45, 7) is 0. The maximum atomic E-state index is 13.1. The highest BCUT2D eigenvalue weighted by Crippen LogP contribution is 2.36. The number of benzene rings is 2. The molecule has 0 saturated heterocycles. The Morgan fingerprint density at radius 1 is 1.00 bits per heavy atom. The molecule has 0 radical (unpaired) electrons. The fraction of sp³-hybridized carbons (Fsp3) is 0.0625. The lowest BCUT2D eigenvalue weighted by molar-refractivity contribution is -0.137. The van der Waals surface area contributed by atoms with E-state index in [1.54, 1.807) is 6.07 Å². The Balaban J connectivity index is 2.10. The molecule has 0 fully saturated rings. The SMILES string of the molecule is O=C(O)c1ccccc1-c1nc(-c2ccccc2C(F)(F)F)no1. The van der Waals surface area contributed by atoms with Gasteiger partial charge >= 0.3 is 12.1 Å². The lowest BCUT2D eigenvalue weighted by Crippen LogP contribution is -2.07. The van der Waals surface area contributed by atoms with E-state index in [0.717, 1.165) is 6.07 Å². The van der Waals surface area contributed by atoms with Gasteiger partial charge in [-0.3, -0.25) is 0 Å². The Morgan fingerprint density at radius 3 is 2.29 bits per heavy atom. The number of hydrogen-bond donors (Lipinski definition) is 1. The molecule has 1 aromatic heterocycles. The second-order valence-corrected chi connectivity index (χ2v) is 4.82. The monoisotopic (exact) mass is 334 g/mol. The summed E-state index contributed by atoms with van der Waals surface area (Å²) in [6.07, 6.45) is -4.57. The number of rotatable bonds is 3. The Bertz CT molecular complexity index is 903. The van der Waals surface area contributed by atoms with Gasteiger partial charge in [-0.25, -0.2) is 4.79 Å². The van der Waals surface area contributed by atoms with Crippen molar-refractivity contribution < 1.29 is 27.6 Å². The number of aromatic carboxylic acids is 1. The Labute approximate surface area is 133 Å². The first kappa shape index (κ1) is 15.7. The van der Waals surface area contributed by atoms with Gasteiger partial charge in [-0.15, -0.1) is 0 Å². The summed E-state index contributed by atoms with van der Waals surface area (Å²) in [7, 11) is 0. The molecule has 0 aliphatic heterocycles. The van der Waals surface area contributed by atoms with Gasteiger partial charge in [0.25, 0.3) is 5.89 Å². The molecule has 0 amide bonds. The topological polar surface area (TPSA) is 76.2 Å². The van der Waals surface area contributed by atoms with Crippen LogP contribution in [0.15, 0.2) is 53.1 Å². The highest BCUT2D eigenvalue weighted by atomic mass is 19.4. The fourth-order valence-corrected chi connectivity index (χ4v) is 2.22. The van der Waals surface area contributed by atoms with E-state index in [4.69, 9.17) is 9.63 Å². The third kappa shape index (κ3) is 2.85. The van der Waals surface area contributed by atoms with E-state index < -0.39 is 17.7 Å². The zero-order valence-electron chi connectivity index (χ0n) is 11.9. The summed E-state index contributed by atoms with van der Waals surface area (Å²) in [6, 6.07) is 10.7. The summed E-state index contributed by atoms with van der Waals surface area (Å²) < 4.78 is 44.2. The highest BCUT2D eigenvalue weighted by Gasteiger charge is 2.34. The van der Waals surface area contributed by atoms with Crippen molar-refractivity contribution in [3.05, 3.63) is 59.7 Å². The lowest BCUT2D eigenvalue weighted by atomic mass is 10.1. The standard InChI is InChI=1S/C16H9F3N2O3/c17-16(18,19)12-8-4-3-7-11(12)13-20-14(24-21-13)9-5-1-2-6-10(9)15(22)23/h1-8H,(H,22,23). The van der Waals surface area contributed by atoms with Crippen LogP contribution in [-0.4, -0.2) is 21.2 Å². The molecule has 1 heterocycles. The minimum absolute atomic E-state index is 0.0863. The van der Waals surface area contributed by atoms with Gasteiger partial charge in [0.15, 0.2) is 0 Å². The molecule has 0 atom stereocenters. The molecule has 3 aromatic rings.